The third kappa shape index (κ3) is 3.32. The second-order valence-electron chi connectivity index (χ2n) is 4.39. The lowest BCUT2D eigenvalue weighted by Gasteiger charge is -2.18. The normalized spacial score (nSPS) is 13.2. The van der Waals surface area contributed by atoms with Crippen LogP contribution in [0.5, 0.6) is 0 Å². The Morgan fingerprint density at radius 3 is 1.75 bits per heavy atom. The average molecular weight is 300 g/mol. The van der Waals surface area contributed by atoms with Crippen LogP contribution in [0.3, 0.4) is 0 Å². The highest BCUT2D eigenvalue weighted by Gasteiger charge is 2.30. The van der Waals surface area contributed by atoms with Gasteiger partial charge in [0.25, 0.3) is 0 Å². The van der Waals surface area contributed by atoms with Gasteiger partial charge in [-0.25, -0.2) is 0 Å². The Morgan fingerprint density at radius 1 is 0.900 bits per heavy atom. The van der Waals surface area contributed by atoms with Crippen molar-refractivity contribution < 1.29 is 13.2 Å². The van der Waals surface area contributed by atoms with Crippen molar-refractivity contribution in [3.8, 4) is 0 Å². The lowest BCUT2D eigenvalue weighted by atomic mass is 9.98. The minimum Gasteiger partial charge on any atom is -0.309 e. The minimum absolute atomic E-state index is 0.172. The summed E-state index contributed by atoms with van der Waals surface area (Å²) in [5, 5.41) is 3.71. The number of nitrogens with one attached hydrogen (secondary N) is 1. The van der Waals surface area contributed by atoms with Gasteiger partial charge in [0, 0.05) is 5.02 Å². The number of alkyl halides is 3. The second-order valence-corrected chi connectivity index (χ2v) is 4.83. The highest BCUT2D eigenvalue weighted by Crippen LogP contribution is 2.31. The minimum atomic E-state index is -4.31. The van der Waals surface area contributed by atoms with E-state index in [1.165, 1.54) is 12.1 Å². The fraction of sp³-hybridized carbons (Fsp3) is 0.200. The highest BCUT2D eigenvalue weighted by molar-refractivity contribution is 6.30. The van der Waals surface area contributed by atoms with E-state index in [0.29, 0.717) is 5.02 Å². The third-order valence-electron chi connectivity index (χ3n) is 3.06. The molecule has 0 heterocycles. The van der Waals surface area contributed by atoms with Crippen LogP contribution in [0.25, 0.3) is 0 Å². The van der Waals surface area contributed by atoms with E-state index in [0.717, 1.165) is 23.3 Å². The molecule has 2 aromatic rings. The fourth-order valence-electron chi connectivity index (χ4n) is 2.05. The molecule has 0 aliphatic carbocycles. The molecule has 1 N–H and O–H groups in total. The summed E-state index contributed by atoms with van der Waals surface area (Å²) >= 11 is 5.83. The van der Waals surface area contributed by atoms with Crippen LogP contribution in [0.4, 0.5) is 13.2 Å². The van der Waals surface area contributed by atoms with Gasteiger partial charge in [-0.1, -0.05) is 35.9 Å². The molecular weight excluding hydrogens is 287 g/mol. The zero-order valence-corrected chi connectivity index (χ0v) is 11.5. The van der Waals surface area contributed by atoms with Gasteiger partial charge in [0.15, 0.2) is 0 Å². The standard InChI is InChI=1S/C15H13ClF3N/c1-20-14(11-4-8-13(16)9-5-11)10-2-6-12(7-3-10)15(17,18)19/h2-9,14,20H,1H3. The summed E-state index contributed by atoms with van der Waals surface area (Å²) in [6.07, 6.45) is -4.31. The van der Waals surface area contributed by atoms with Gasteiger partial charge in [0.05, 0.1) is 11.6 Å². The summed E-state index contributed by atoms with van der Waals surface area (Å²) in [7, 11) is 1.76. The summed E-state index contributed by atoms with van der Waals surface area (Å²) < 4.78 is 37.6. The molecule has 2 rings (SSSR count). The highest BCUT2D eigenvalue weighted by atomic mass is 35.5. The quantitative estimate of drug-likeness (QED) is 0.868. The Balaban J connectivity index is 2.30. The number of halogens is 4. The van der Waals surface area contributed by atoms with E-state index in [-0.39, 0.29) is 6.04 Å². The number of rotatable bonds is 3. The fourth-order valence-corrected chi connectivity index (χ4v) is 2.17. The van der Waals surface area contributed by atoms with E-state index < -0.39 is 11.7 Å². The Hall–Kier alpha value is -1.52. The van der Waals surface area contributed by atoms with Crippen LogP contribution in [0.1, 0.15) is 22.7 Å². The van der Waals surface area contributed by atoms with Crippen molar-refractivity contribution in [2.24, 2.45) is 0 Å². The molecule has 20 heavy (non-hydrogen) atoms. The van der Waals surface area contributed by atoms with Gasteiger partial charge in [0.2, 0.25) is 0 Å². The molecule has 0 aliphatic rings. The van der Waals surface area contributed by atoms with Crippen LogP contribution in [-0.4, -0.2) is 7.05 Å². The largest absolute Gasteiger partial charge is 0.416 e. The molecular formula is C15H13ClF3N. The molecule has 0 aromatic heterocycles. The van der Waals surface area contributed by atoms with E-state index in [9.17, 15) is 13.2 Å². The van der Waals surface area contributed by atoms with Crippen molar-refractivity contribution >= 4 is 11.6 Å². The topological polar surface area (TPSA) is 12.0 Å². The molecule has 0 fully saturated rings. The lowest BCUT2D eigenvalue weighted by Crippen LogP contribution is -2.17. The Morgan fingerprint density at radius 2 is 1.35 bits per heavy atom. The Bertz CT molecular complexity index is 561. The number of hydrogen-bond donors (Lipinski definition) is 1. The van der Waals surface area contributed by atoms with Crippen LogP contribution < -0.4 is 5.32 Å². The van der Waals surface area contributed by atoms with Crippen molar-refractivity contribution in [3.05, 3.63) is 70.2 Å². The molecule has 0 amide bonds. The van der Waals surface area contributed by atoms with Gasteiger partial charge in [-0.3, -0.25) is 0 Å². The van der Waals surface area contributed by atoms with Gasteiger partial charge in [0.1, 0.15) is 0 Å². The second kappa shape index (κ2) is 5.85. The third-order valence-corrected chi connectivity index (χ3v) is 3.32. The predicted octanol–water partition coefficient (Wildman–Crippen LogP) is 4.67. The molecule has 1 nitrogen and oxygen atoms in total. The summed E-state index contributed by atoms with van der Waals surface area (Å²) in [4.78, 5) is 0. The molecule has 5 heteroatoms. The Kier molecular flexibility index (Phi) is 4.35. The van der Waals surface area contributed by atoms with Gasteiger partial charge in [-0.15, -0.1) is 0 Å². The van der Waals surface area contributed by atoms with E-state index >= 15 is 0 Å². The van der Waals surface area contributed by atoms with Gasteiger partial charge >= 0.3 is 6.18 Å². The van der Waals surface area contributed by atoms with Crippen molar-refractivity contribution in [1.29, 1.82) is 0 Å². The lowest BCUT2D eigenvalue weighted by molar-refractivity contribution is -0.137. The van der Waals surface area contributed by atoms with E-state index in [4.69, 9.17) is 11.6 Å². The first-order valence-corrected chi connectivity index (χ1v) is 6.39. The average Bonchev–Trinajstić information content (AvgIpc) is 2.41. The van der Waals surface area contributed by atoms with Crippen LogP contribution in [0.2, 0.25) is 5.02 Å². The first kappa shape index (κ1) is 14.9. The summed E-state index contributed by atoms with van der Waals surface area (Å²) in [5.41, 5.74) is 1.06. The molecule has 2 aromatic carbocycles. The number of hydrogen-bond acceptors (Lipinski definition) is 1. The van der Waals surface area contributed by atoms with Crippen LogP contribution in [0, 0.1) is 0 Å². The molecule has 0 spiro atoms. The summed E-state index contributed by atoms with van der Waals surface area (Å²) in [6.45, 7) is 0. The molecule has 1 atom stereocenters. The van der Waals surface area contributed by atoms with Crippen LogP contribution >= 0.6 is 11.6 Å². The molecule has 0 aliphatic heterocycles. The molecule has 0 saturated heterocycles. The maximum atomic E-state index is 12.5. The zero-order valence-electron chi connectivity index (χ0n) is 10.7. The van der Waals surface area contributed by atoms with Crippen molar-refractivity contribution in [1.82, 2.24) is 5.32 Å². The summed E-state index contributed by atoms with van der Waals surface area (Å²) in [6, 6.07) is 12.2. The SMILES string of the molecule is CNC(c1ccc(Cl)cc1)c1ccc(C(F)(F)F)cc1. The molecule has 0 radical (unpaired) electrons. The van der Waals surface area contributed by atoms with Crippen molar-refractivity contribution in [2.75, 3.05) is 7.05 Å². The monoisotopic (exact) mass is 299 g/mol. The smallest absolute Gasteiger partial charge is 0.309 e. The maximum Gasteiger partial charge on any atom is 0.416 e. The zero-order chi connectivity index (χ0) is 14.8. The first-order valence-electron chi connectivity index (χ1n) is 6.01. The van der Waals surface area contributed by atoms with E-state index in [1.54, 1.807) is 19.2 Å². The maximum absolute atomic E-state index is 12.5. The van der Waals surface area contributed by atoms with Crippen LogP contribution in [-0.2, 0) is 6.18 Å². The van der Waals surface area contributed by atoms with Gasteiger partial charge < -0.3 is 5.32 Å². The van der Waals surface area contributed by atoms with Gasteiger partial charge in [-0.05, 0) is 42.4 Å². The van der Waals surface area contributed by atoms with Crippen LogP contribution in [0.15, 0.2) is 48.5 Å². The molecule has 1 unspecified atom stereocenters. The molecule has 106 valence electrons. The predicted molar refractivity (Wildman–Crippen MR) is 73.8 cm³/mol. The molecule has 0 saturated carbocycles. The van der Waals surface area contributed by atoms with Crippen molar-refractivity contribution in [2.45, 2.75) is 12.2 Å². The van der Waals surface area contributed by atoms with E-state index in [2.05, 4.69) is 5.32 Å². The summed E-state index contributed by atoms with van der Waals surface area (Å²) in [5.74, 6) is 0. The van der Waals surface area contributed by atoms with Gasteiger partial charge in [-0.2, -0.15) is 13.2 Å². The number of benzene rings is 2. The van der Waals surface area contributed by atoms with E-state index in [1.807, 2.05) is 12.1 Å². The Labute approximate surface area is 120 Å². The van der Waals surface area contributed by atoms with Crippen molar-refractivity contribution in [3.63, 3.8) is 0 Å². The molecule has 0 bridgehead atoms. The first-order chi connectivity index (χ1) is 9.41.